The number of hydrazine groups is 1. The Morgan fingerprint density at radius 2 is 1.90 bits per heavy atom. The van der Waals surface area contributed by atoms with E-state index >= 15 is 0 Å². The van der Waals surface area contributed by atoms with E-state index in [1.807, 2.05) is 0 Å². The Labute approximate surface area is 127 Å². The molecule has 1 unspecified atom stereocenters. The Balaban J connectivity index is 1.98. The SMILES string of the molecule is NNC(c1cc2c(s1)CCCCC2)c1cc(F)ccc1F. The van der Waals surface area contributed by atoms with Gasteiger partial charge in [0.15, 0.2) is 0 Å². The van der Waals surface area contributed by atoms with Crippen LogP contribution in [-0.2, 0) is 12.8 Å². The van der Waals surface area contributed by atoms with Gasteiger partial charge in [0.05, 0.1) is 6.04 Å². The number of rotatable bonds is 3. The van der Waals surface area contributed by atoms with E-state index in [4.69, 9.17) is 5.84 Å². The van der Waals surface area contributed by atoms with E-state index in [2.05, 4.69) is 11.5 Å². The fraction of sp³-hybridized carbons (Fsp3) is 0.375. The van der Waals surface area contributed by atoms with Crippen LogP contribution in [0.1, 0.15) is 46.2 Å². The van der Waals surface area contributed by atoms with Crippen LogP contribution in [0.3, 0.4) is 0 Å². The number of nitrogens with two attached hydrogens (primary N) is 1. The molecular weight excluding hydrogens is 290 g/mol. The molecule has 0 saturated carbocycles. The van der Waals surface area contributed by atoms with Crippen molar-refractivity contribution < 1.29 is 8.78 Å². The highest BCUT2D eigenvalue weighted by Gasteiger charge is 2.22. The zero-order valence-corrected chi connectivity index (χ0v) is 12.5. The first-order valence-corrected chi connectivity index (χ1v) is 8.03. The molecule has 112 valence electrons. The number of aryl methyl sites for hydroxylation is 2. The maximum atomic E-state index is 14.0. The van der Waals surface area contributed by atoms with Crippen LogP contribution in [0.5, 0.6) is 0 Å². The molecule has 3 N–H and O–H groups in total. The van der Waals surface area contributed by atoms with E-state index in [1.165, 1.54) is 35.8 Å². The zero-order valence-electron chi connectivity index (χ0n) is 11.7. The van der Waals surface area contributed by atoms with Crippen LogP contribution in [-0.4, -0.2) is 0 Å². The lowest BCUT2D eigenvalue weighted by Gasteiger charge is -2.15. The average Bonchev–Trinajstić information content (AvgIpc) is 2.74. The maximum absolute atomic E-state index is 14.0. The van der Waals surface area contributed by atoms with Crippen molar-refractivity contribution in [1.29, 1.82) is 0 Å². The van der Waals surface area contributed by atoms with E-state index in [1.54, 1.807) is 11.3 Å². The first-order chi connectivity index (χ1) is 10.2. The minimum atomic E-state index is -0.502. The molecule has 1 aromatic heterocycles. The molecule has 0 fully saturated rings. The summed E-state index contributed by atoms with van der Waals surface area (Å²) in [4.78, 5) is 2.31. The monoisotopic (exact) mass is 308 g/mol. The van der Waals surface area contributed by atoms with Gasteiger partial charge in [-0.1, -0.05) is 6.42 Å². The third kappa shape index (κ3) is 3.00. The van der Waals surface area contributed by atoms with Gasteiger partial charge in [-0.2, -0.15) is 0 Å². The second-order valence-electron chi connectivity index (χ2n) is 5.42. The lowest BCUT2D eigenvalue weighted by Crippen LogP contribution is -2.29. The summed E-state index contributed by atoms with van der Waals surface area (Å²) in [6.45, 7) is 0. The fourth-order valence-corrected chi connectivity index (χ4v) is 4.23. The quantitative estimate of drug-likeness (QED) is 0.513. The van der Waals surface area contributed by atoms with Crippen molar-refractivity contribution in [3.05, 3.63) is 56.8 Å². The zero-order chi connectivity index (χ0) is 14.8. The minimum absolute atomic E-state index is 0.258. The van der Waals surface area contributed by atoms with Crippen LogP contribution in [0.25, 0.3) is 0 Å². The molecule has 1 aliphatic rings. The Kier molecular flexibility index (Phi) is 4.33. The molecule has 0 aliphatic heterocycles. The normalized spacial score (nSPS) is 16.3. The molecular formula is C16H18F2N2S. The summed E-state index contributed by atoms with van der Waals surface area (Å²) in [5.41, 5.74) is 4.23. The van der Waals surface area contributed by atoms with Crippen LogP contribution >= 0.6 is 11.3 Å². The highest BCUT2D eigenvalue weighted by Crippen LogP contribution is 2.35. The molecule has 0 saturated heterocycles. The first kappa shape index (κ1) is 14.6. The molecule has 0 bridgehead atoms. The summed E-state index contributed by atoms with van der Waals surface area (Å²) in [6.07, 6.45) is 5.78. The van der Waals surface area contributed by atoms with Gasteiger partial charge in [0, 0.05) is 15.3 Å². The number of halogens is 2. The van der Waals surface area contributed by atoms with Crippen molar-refractivity contribution in [2.24, 2.45) is 5.84 Å². The lowest BCUT2D eigenvalue weighted by molar-refractivity contribution is 0.549. The van der Waals surface area contributed by atoms with Crippen LogP contribution in [0.4, 0.5) is 8.78 Å². The molecule has 21 heavy (non-hydrogen) atoms. The second-order valence-corrected chi connectivity index (χ2v) is 6.59. The summed E-state index contributed by atoms with van der Waals surface area (Å²) in [5.74, 6) is 4.72. The van der Waals surface area contributed by atoms with E-state index in [0.717, 1.165) is 29.9 Å². The molecule has 0 spiro atoms. The summed E-state index contributed by atoms with van der Waals surface area (Å²) in [5, 5.41) is 0. The number of benzene rings is 1. The van der Waals surface area contributed by atoms with Gasteiger partial charge in [-0.25, -0.2) is 14.2 Å². The lowest BCUT2D eigenvalue weighted by atomic mass is 10.0. The molecule has 1 aromatic carbocycles. The van der Waals surface area contributed by atoms with Crippen molar-refractivity contribution in [1.82, 2.24) is 5.43 Å². The van der Waals surface area contributed by atoms with Gasteiger partial charge in [0.25, 0.3) is 0 Å². The number of hydrogen-bond acceptors (Lipinski definition) is 3. The van der Waals surface area contributed by atoms with Crippen molar-refractivity contribution in [3.63, 3.8) is 0 Å². The number of hydrogen-bond donors (Lipinski definition) is 2. The molecule has 3 rings (SSSR count). The summed E-state index contributed by atoms with van der Waals surface area (Å²) in [7, 11) is 0. The van der Waals surface area contributed by atoms with Crippen LogP contribution in [0.15, 0.2) is 24.3 Å². The molecule has 5 heteroatoms. The van der Waals surface area contributed by atoms with E-state index < -0.39 is 17.7 Å². The van der Waals surface area contributed by atoms with Crippen LogP contribution < -0.4 is 11.3 Å². The Bertz CT molecular complexity index is 616. The predicted octanol–water partition coefficient (Wildman–Crippen LogP) is 3.85. The molecule has 1 atom stereocenters. The van der Waals surface area contributed by atoms with E-state index in [9.17, 15) is 8.78 Å². The second kappa shape index (κ2) is 6.22. The van der Waals surface area contributed by atoms with Gasteiger partial charge in [-0.05, 0) is 55.5 Å². The van der Waals surface area contributed by atoms with Crippen molar-refractivity contribution in [3.8, 4) is 0 Å². The van der Waals surface area contributed by atoms with Gasteiger partial charge < -0.3 is 0 Å². The van der Waals surface area contributed by atoms with Gasteiger partial charge in [-0.3, -0.25) is 5.84 Å². The fourth-order valence-electron chi connectivity index (χ4n) is 2.89. The van der Waals surface area contributed by atoms with E-state index in [-0.39, 0.29) is 5.56 Å². The van der Waals surface area contributed by atoms with Crippen LogP contribution in [0, 0.1) is 11.6 Å². The summed E-state index contributed by atoms with van der Waals surface area (Å²) in [6, 6.07) is 5.08. The Morgan fingerprint density at radius 3 is 2.71 bits per heavy atom. The topological polar surface area (TPSA) is 38.0 Å². The van der Waals surface area contributed by atoms with Crippen molar-refractivity contribution in [2.45, 2.75) is 38.1 Å². The van der Waals surface area contributed by atoms with Gasteiger partial charge in [0.2, 0.25) is 0 Å². The average molecular weight is 308 g/mol. The van der Waals surface area contributed by atoms with Crippen LogP contribution in [0.2, 0.25) is 0 Å². The molecule has 0 amide bonds. The standard InChI is InChI=1S/C16H18F2N2S/c17-11-6-7-13(18)12(9-11)16(20-19)15-8-10-4-2-1-3-5-14(10)21-15/h6-9,16,20H,1-5,19H2. The molecule has 0 radical (unpaired) electrons. The largest absolute Gasteiger partial charge is 0.271 e. The minimum Gasteiger partial charge on any atom is -0.271 e. The molecule has 1 heterocycles. The third-order valence-electron chi connectivity index (χ3n) is 3.99. The Hall–Kier alpha value is -1.30. The number of thiophene rings is 1. The summed E-state index contributed by atoms with van der Waals surface area (Å²) >= 11 is 1.66. The highest BCUT2D eigenvalue weighted by atomic mass is 32.1. The number of nitrogens with one attached hydrogen (secondary N) is 1. The maximum Gasteiger partial charge on any atom is 0.128 e. The molecule has 1 aliphatic carbocycles. The Morgan fingerprint density at radius 1 is 1.10 bits per heavy atom. The smallest absolute Gasteiger partial charge is 0.128 e. The molecule has 2 nitrogen and oxygen atoms in total. The highest BCUT2D eigenvalue weighted by molar-refractivity contribution is 7.12. The summed E-state index contributed by atoms with van der Waals surface area (Å²) < 4.78 is 27.4. The van der Waals surface area contributed by atoms with Gasteiger partial charge >= 0.3 is 0 Å². The van der Waals surface area contributed by atoms with Gasteiger partial charge in [-0.15, -0.1) is 11.3 Å². The third-order valence-corrected chi connectivity index (χ3v) is 5.29. The van der Waals surface area contributed by atoms with Gasteiger partial charge in [0.1, 0.15) is 11.6 Å². The van der Waals surface area contributed by atoms with Crippen molar-refractivity contribution in [2.75, 3.05) is 0 Å². The number of fused-ring (bicyclic) bond motifs is 1. The first-order valence-electron chi connectivity index (χ1n) is 7.21. The van der Waals surface area contributed by atoms with Crippen molar-refractivity contribution >= 4 is 11.3 Å². The predicted molar refractivity (Wildman–Crippen MR) is 81.1 cm³/mol. The molecule has 2 aromatic rings. The van der Waals surface area contributed by atoms with E-state index in [0.29, 0.717) is 0 Å².